The number of rotatable bonds is 17. The Morgan fingerprint density at radius 1 is 1.04 bits per heavy atom. The molecular formula is C18H36N4O2Si. The van der Waals surface area contributed by atoms with Crippen molar-refractivity contribution in [2.24, 2.45) is 5.11 Å². The maximum atomic E-state index is 8.11. The summed E-state index contributed by atoms with van der Waals surface area (Å²) < 4.78 is 10.7. The molecule has 0 bridgehead atoms. The van der Waals surface area contributed by atoms with Gasteiger partial charge < -0.3 is 14.8 Å². The van der Waals surface area contributed by atoms with Gasteiger partial charge in [-0.1, -0.05) is 28.9 Å². The topological polar surface area (TPSA) is 79.2 Å². The van der Waals surface area contributed by atoms with Crippen molar-refractivity contribution in [2.75, 3.05) is 46.1 Å². The van der Waals surface area contributed by atoms with Crippen LogP contribution in [0, 0.1) is 0 Å². The van der Waals surface area contributed by atoms with Gasteiger partial charge >= 0.3 is 0 Å². The summed E-state index contributed by atoms with van der Waals surface area (Å²) in [4.78, 5) is 2.66. The lowest BCUT2D eigenvalue weighted by atomic mass is 10.4. The molecule has 7 heteroatoms. The van der Waals surface area contributed by atoms with Crippen LogP contribution in [0.5, 0.6) is 0 Å². The van der Waals surface area contributed by atoms with E-state index >= 15 is 0 Å². The second-order valence-corrected chi connectivity index (χ2v) is 11.9. The summed E-state index contributed by atoms with van der Waals surface area (Å²) >= 11 is 0. The molecule has 0 atom stereocenters. The number of hydrogen-bond donors (Lipinski definition) is 1. The van der Waals surface area contributed by atoms with Crippen molar-refractivity contribution in [3.8, 4) is 0 Å². The van der Waals surface area contributed by atoms with E-state index in [0.29, 0.717) is 33.0 Å². The largest absolute Gasteiger partial charge is 0.379 e. The lowest BCUT2D eigenvalue weighted by Gasteiger charge is -2.28. The van der Waals surface area contributed by atoms with Crippen LogP contribution in [0.15, 0.2) is 29.4 Å². The van der Waals surface area contributed by atoms with Crippen LogP contribution in [0.1, 0.15) is 20.3 Å². The Labute approximate surface area is 154 Å². The summed E-state index contributed by atoms with van der Waals surface area (Å²) in [6.45, 7) is 19.5. The first-order valence-electron chi connectivity index (χ1n) is 9.05. The summed E-state index contributed by atoms with van der Waals surface area (Å²) in [5.74, 6) is 0. The summed E-state index contributed by atoms with van der Waals surface area (Å²) in [5, 5.41) is 6.83. The number of nitrogens with zero attached hydrogens (tertiary/aromatic N) is 3. The van der Waals surface area contributed by atoms with Crippen LogP contribution < -0.4 is 5.32 Å². The fraction of sp³-hybridized carbons (Fsp3) is 0.778. The van der Waals surface area contributed by atoms with E-state index in [1.54, 1.807) is 0 Å². The predicted molar refractivity (Wildman–Crippen MR) is 109 cm³/mol. The summed E-state index contributed by atoms with van der Waals surface area (Å²) in [6, 6.07) is 3.70. The molecule has 0 saturated heterocycles. The van der Waals surface area contributed by atoms with Gasteiger partial charge in [0.1, 0.15) is 0 Å². The molecule has 0 rings (SSSR count). The van der Waals surface area contributed by atoms with Crippen molar-refractivity contribution in [2.45, 2.75) is 44.9 Å². The average Bonchev–Trinajstić information content (AvgIpc) is 2.50. The zero-order valence-corrected chi connectivity index (χ0v) is 17.4. The molecule has 0 spiro atoms. The van der Waals surface area contributed by atoms with Gasteiger partial charge in [-0.25, -0.2) is 0 Å². The molecule has 0 saturated carbocycles. The molecule has 1 N–H and O–H groups in total. The third kappa shape index (κ3) is 16.1. The van der Waals surface area contributed by atoms with Gasteiger partial charge in [0.05, 0.1) is 34.5 Å². The van der Waals surface area contributed by atoms with Crippen molar-refractivity contribution in [3.05, 3.63) is 34.7 Å². The van der Waals surface area contributed by atoms with E-state index in [0.717, 1.165) is 13.1 Å². The van der Waals surface area contributed by atoms with E-state index in [9.17, 15) is 0 Å². The Kier molecular flexibility index (Phi) is 14.5. The Morgan fingerprint density at radius 3 is 2.20 bits per heavy atom. The number of hydrogen-bond acceptors (Lipinski definition) is 4. The van der Waals surface area contributed by atoms with E-state index < -0.39 is 8.07 Å². The zero-order valence-electron chi connectivity index (χ0n) is 16.4. The molecule has 0 amide bonds. The molecular weight excluding hydrogens is 332 g/mol. The number of azide groups is 1. The number of nitrogens with one attached hydrogen (secondary N) is 1. The monoisotopic (exact) mass is 368 g/mol. The molecule has 0 aliphatic rings. The number of ether oxygens (including phenoxy) is 2. The maximum Gasteiger partial charge on any atom is 0.0701 e. The summed E-state index contributed by atoms with van der Waals surface area (Å²) in [7, 11) is -1.29. The number of allylic oxidation sites excluding steroid dienone is 2. The van der Waals surface area contributed by atoms with Crippen LogP contribution in [0.3, 0.4) is 0 Å². The van der Waals surface area contributed by atoms with Crippen molar-refractivity contribution in [1.82, 2.24) is 5.32 Å². The van der Waals surface area contributed by atoms with Gasteiger partial charge in [0.15, 0.2) is 0 Å². The lowest BCUT2D eigenvalue weighted by molar-refractivity contribution is 0.0519. The average molecular weight is 369 g/mol. The first-order valence-corrected chi connectivity index (χ1v) is 12.2. The van der Waals surface area contributed by atoms with Gasteiger partial charge in [-0.15, -0.1) is 13.2 Å². The smallest absolute Gasteiger partial charge is 0.0701 e. The highest BCUT2D eigenvalue weighted by Gasteiger charge is 2.26. The van der Waals surface area contributed by atoms with Crippen molar-refractivity contribution >= 4 is 8.07 Å². The highest BCUT2D eigenvalue weighted by Crippen LogP contribution is 2.28. The zero-order chi connectivity index (χ0) is 19.0. The molecule has 0 heterocycles. The fourth-order valence-electron chi connectivity index (χ4n) is 3.08. The highest BCUT2D eigenvalue weighted by molar-refractivity contribution is 6.79. The fourth-order valence-corrected chi connectivity index (χ4v) is 7.50. The second-order valence-electron chi connectivity index (χ2n) is 7.11. The van der Waals surface area contributed by atoms with Gasteiger partial charge in [0.2, 0.25) is 0 Å². The van der Waals surface area contributed by atoms with Gasteiger partial charge in [-0.05, 0) is 44.4 Å². The Morgan fingerprint density at radius 2 is 1.64 bits per heavy atom. The van der Waals surface area contributed by atoms with Crippen molar-refractivity contribution in [3.63, 3.8) is 0 Å². The Balaban J connectivity index is 3.61. The maximum absolute atomic E-state index is 8.11. The van der Waals surface area contributed by atoms with Crippen LogP contribution in [0.25, 0.3) is 10.4 Å². The van der Waals surface area contributed by atoms with Gasteiger partial charge in [0, 0.05) is 18.0 Å². The predicted octanol–water partition coefficient (Wildman–Crippen LogP) is 4.54. The minimum atomic E-state index is -1.29. The van der Waals surface area contributed by atoms with Crippen LogP contribution in [0.2, 0.25) is 24.7 Å². The first-order chi connectivity index (χ1) is 11.9. The Bertz CT molecular complexity index is 421. The minimum absolute atomic E-state index is 0.372. The standard InChI is InChI=1S/C18H36N4O2Si/c1-17(2)15-25(5,16-18(3)4)14-6-7-20-8-10-23-12-13-24-11-9-21-22-19/h20H,1,3,6-16H2,2,4-5H3. The van der Waals surface area contributed by atoms with E-state index in [-0.39, 0.29) is 0 Å². The highest BCUT2D eigenvalue weighted by atomic mass is 28.3. The van der Waals surface area contributed by atoms with Crippen LogP contribution in [-0.4, -0.2) is 54.1 Å². The molecule has 0 aliphatic carbocycles. The SMILES string of the molecule is C=C(C)C[Si](C)(CCCNCCOCCOCCN=[N+]=[N-])CC(=C)C. The summed E-state index contributed by atoms with van der Waals surface area (Å²) in [6.07, 6.45) is 1.20. The van der Waals surface area contributed by atoms with Crippen LogP contribution in [-0.2, 0) is 9.47 Å². The quantitative estimate of drug-likeness (QED) is 0.102. The van der Waals surface area contributed by atoms with E-state index in [2.05, 4.69) is 48.9 Å². The van der Waals surface area contributed by atoms with Gasteiger partial charge in [0.25, 0.3) is 0 Å². The molecule has 0 aromatic carbocycles. The van der Waals surface area contributed by atoms with E-state index in [1.165, 1.54) is 35.7 Å². The Hall–Kier alpha value is -1.11. The lowest BCUT2D eigenvalue weighted by Crippen LogP contribution is -2.32. The van der Waals surface area contributed by atoms with E-state index in [4.69, 9.17) is 15.0 Å². The molecule has 0 radical (unpaired) electrons. The van der Waals surface area contributed by atoms with E-state index in [1.807, 2.05) is 0 Å². The minimum Gasteiger partial charge on any atom is -0.379 e. The first kappa shape index (κ1) is 23.9. The normalized spacial score (nSPS) is 11.2. The van der Waals surface area contributed by atoms with Crippen molar-refractivity contribution < 1.29 is 9.47 Å². The third-order valence-electron chi connectivity index (χ3n) is 3.79. The second kappa shape index (κ2) is 15.2. The van der Waals surface area contributed by atoms with Gasteiger partial charge in [-0.3, -0.25) is 0 Å². The molecule has 25 heavy (non-hydrogen) atoms. The molecule has 0 aliphatic heterocycles. The van der Waals surface area contributed by atoms with Crippen molar-refractivity contribution in [1.29, 1.82) is 0 Å². The molecule has 6 nitrogen and oxygen atoms in total. The molecule has 0 aromatic heterocycles. The van der Waals surface area contributed by atoms with Crippen LogP contribution >= 0.6 is 0 Å². The third-order valence-corrected chi connectivity index (χ3v) is 8.26. The molecule has 144 valence electrons. The molecule has 0 fully saturated rings. The molecule has 0 aromatic rings. The van der Waals surface area contributed by atoms with Gasteiger partial charge in [-0.2, -0.15) is 0 Å². The van der Waals surface area contributed by atoms with Crippen LogP contribution in [0.4, 0.5) is 0 Å². The molecule has 0 unspecified atom stereocenters. The summed E-state index contributed by atoms with van der Waals surface area (Å²) in [5.41, 5.74) is 10.7.